The summed E-state index contributed by atoms with van der Waals surface area (Å²) in [5.41, 5.74) is 8.83. The Morgan fingerprint density at radius 1 is 1.21 bits per heavy atom. The van der Waals surface area contributed by atoms with Gasteiger partial charge in [0.25, 0.3) is 5.56 Å². The summed E-state index contributed by atoms with van der Waals surface area (Å²) < 4.78 is 3.48. The van der Waals surface area contributed by atoms with Gasteiger partial charge in [-0.2, -0.15) is 0 Å². The molecule has 2 rings (SSSR count). The van der Waals surface area contributed by atoms with Gasteiger partial charge in [-0.3, -0.25) is 9.48 Å². The van der Waals surface area contributed by atoms with E-state index in [2.05, 4.69) is 20.8 Å². The van der Waals surface area contributed by atoms with Crippen LogP contribution in [0.3, 0.4) is 0 Å². The Hall–Kier alpha value is -1.97. The van der Waals surface area contributed by atoms with E-state index in [9.17, 15) is 4.79 Å². The highest BCUT2D eigenvalue weighted by molar-refractivity contribution is 5.48. The van der Waals surface area contributed by atoms with Gasteiger partial charge in [-0.15, -0.1) is 0 Å². The Morgan fingerprint density at radius 2 is 1.84 bits per heavy atom. The molecule has 1 aromatic carbocycles. The van der Waals surface area contributed by atoms with Crippen LogP contribution in [0, 0.1) is 6.92 Å². The molecule has 4 heteroatoms. The fourth-order valence-electron chi connectivity index (χ4n) is 2.57. The number of aromatic nitrogens is 2. The van der Waals surface area contributed by atoms with Gasteiger partial charge in [0.1, 0.15) is 5.69 Å². The Labute approximate surface area is 113 Å². The smallest absolute Gasteiger partial charge is 0.294 e. The third-order valence-electron chi connectivity index (χ3n) is 3.26. The number of hydrogen-bond donors (Lipinski definition) is 1. The topological polar surface area (TPSA) is 52.9 Å². The fraction of sp³-hybridized carbons (Fsp3) is 0.400. The predicted molar refractivity (Wildman–Crippen MR) is 78.9 cm³/mol. The van der Waals surface area contributed by atoms with Gasteiger partial charge in [-0.1, -0.05) is 32.9 Å². The first kappa shape index (κ1) is 13.5. The van der Waals surface area contributed by atoms with E-state index in [0.717, 1.165) is 16.9 Å². The van der Waals surface area contributed by atoms with E-state index in [1.165, 1.54) is 0 Å². The lowest BCUT2D eigenvalue weighted by Crippen LogP contribution is -2.22. The molecule has 1 heterocycles. The van der Waals surface area contributed by atoms with E-state index in [4.69, 9.17) is 5.73 Å². The molecule has 0 unspecified atom stereocenters. The average molecular weight is 259 g/mol. The number of nitrogen functional groups attached to an aromatic ring is 1. The zero-order valence-corrected chi connectivity index (χ0v) is 12.2. The zero-order valence-electron chi connectivity index (χ0n) is 12.2. The van der Waals surface area contributed by atoms with Gasteiger partial charge >= 0.3 is 0 Å². The lowest BCUT2D eigenvalue weighted by Gasteiger charge is -2.21. The fourth-order valence-corrected chi connectivity index (χ4v) is 2.57. The van der Waals surface area contributed by atoms with Crippen molar-refractivity contribution in [1.29, 1.82) is 0 Å². The molecule has 102 valence electrons. The molecule has 0 atom stereocenters. The van der Waals surface area contributed by atoms with Gasteiger partial charge in [0.2, 0.25) is 0 Å². The molecule has 0 saturated carbocycles. The van der Waals surface area contributed by atoms with E-state index >= 15 is 0 Å². The normalized spacial score (nSPS) is 11.8. The molecular weight excluding hydrogens is 238 g/mol. The van der Waals surface area contributed by atoms with Crippen molar-refractivity contribution in [2.75, 3.05) is 5.73 Å². The summed E-state index contributed by atoms with van der Waals surface area (Å²) in [5.74, 6) is 0. The highest BCUT2D eigenvalue weighted by atomic mass is 16.1. The highest BCUT2D eigenvalue weighted by Crippen LogP contribution is 2.26. The van der Waals surface area contributed by atoms with Crippen LogP contribution in [0.5, 0.6) is 0 Å². The predicted octanol–water partition coefficient (Wildman–Crippen LogP) is 2.36. The third kappa shape index (κ3) is 2.18. The first-order valence-electron chi connectivity index (χ1n) is 6.38. The van der Waals surface area contributed by atoms with E-state index in [1.807, 2.05) is 42.9 Å². The van der Waals surface area contributed by atoms with Gasteiger partial charge in [0.15, 0.2) is 0 Å². The number of anilines is 1. The Bertz CT molecular complexity index is 672. The lowest BCUT2D eigenvalue weighted by atomic mass is 9.91. The van der Waals surface area contributed by atoms with E-state index in [0.29, 0.717) is 5.69 Å². The van der Waals surface area contributed by atoms with Crippen LogP contribution in [0.25, 0.3) is 5.69 Å². The van der Waals surface area contributed by atoms with Crippen LogP contribution < -0.4 is 11.3 Å². The number of nitrogens with zero attached hydrogens (tertiary/aromatic N) is 2. The second kappa shape index (κ2) is 4.30. The Balaban J connectivity index is 2.77. The summed E-state index contributed by atoms with van der Waals surface area (Å²) in [6, 6.07) is 7.84. The molecular formula is C15H21N3O. The molecule has 0 aliphatic carbocycles. The molecule has 2 N–H and O–H groups in total. The van der Waals surface area contributed by atoms with Crippen LogP contribution in [-0.4, -0.2) is 9.36 Å². The number of rotatable bonds is 1. The van der Waals surface area contributed by atoms with Gasteiger partial charge in [-0.05, 0) is 24.6 Å². The van der Waals surface area contributed by atoms with Gasteiger partial charge in [0, 0.05) is 12.5 Å². The summed E-state index contributed by atoms with van der Waals surface area (Å²) in [6.45, 7) is 8.17. The second-order valence-corrected chi connectivity index (χ2v) is 5.99. The maximum Gasteiger partial charge on any atom is 0.294 e. The maximum absolute atomic E-state index is 12.4. The van der Waals surface area contributed by atoms with Crippen LogP contribution in [0.4, 0.5) is 5.69 Å². The van der Waals surface area contributed by atoms with Gasteiger partial charge in [0.05, 0.1) is 11.4 Å². The summed E-state index contributed by atoms with van der Waals surface area (Å²) in [6.07, 6.45) is 0. The Kier molecular flexibility index (Phi) is 3.04. The summed E-state index contributed by atoms with van der Waals surface area (Å²) >= 11 is 0. The minimum atomic E-state index is -0.174. The molecule has 0 spiro atoms. The minimum absolute atomic E-state index is 0.155. The first-order chi connectivity index (χ1) is 8.73. The molecule has 0 bridgehead atoms. The Morgan fingerprint density at radius 3 is 2.32 bits per heavy atom. The van der Waals surface area contributed by atoms with Crippen molar-refractivity contribution in [3.8, 4) is 5.69 Å². The van der Waals surface area contributed by atoms with Gasteiger partial charge in [-0.25, -0.2) is 4.68 Å². The van der Waals surface area contributed by atoms with Crippen LogP contribution in [0.15, 0.2) is 29.1 Å². The molecule has 19 heavy (non-hydrogen) atoms. The van der Waals surface area contributed by atoms with Crippen molar-refractivity contribution >= 4 is 5.69 Å². The molecule has 0 amide bonds. The second-order valence-electron chi connectivity index (χ2n) is 5.99. The first-order valence-corrected chi connectivity index (χ1v) is 6.38. The van der Waals surface area contributed by atoms with Crippen molar-refractivity contribution in [2.45, 2.75) is 33.1 Å². The molecule has 0 aliphatic rings. The largest absolute Gasteiger partial charge is 0.393 e. The lowest BCUT2D eigenvalue weighted by molar-refractivity contribution is 0.501. The molecule has 1 aromatic heterocycles. The maximum atomic E-state index is 12.4. The standard InChI is InChI=1S/C15H21N3O/c1-10-7-6-8-11(9-10)18-14(19)12(16)13(17(18)5)15(2,3)4/h6-9H,16H2,1-5H3. The van der Waals surface area contributed by atoms with Crippen LogP contribution >= 0.6 is 0 Å². The number of hydrogen-bond acceptors (Lipinski definition) is 2. The molecule has 0 radical (unpaired) electrons. The zero-order chi connectivity index (χ0) is 14.4. The number of benzene rings is 1. The van der Waals surface area contributed by atoms with E-state index < -0.39 is 0 Å². The van der Waals surface area contributed by atoms with Crippen molar-refractivity contribution < 1.29 is 0 Å². The molecule has 0 aliphatic heterocycles. The minimum Gasteiger partial charge on any atom is -0.393 e. The summed E-state index contributed by atoms with van der Waals surface area (Å²) in [7, 11) is 1.88. The molecule has 4 nitrogen and oxygen atoms in total. The van der Waals surface area contributed by atoms with Crippen molar-refractivity contribution in [3.63, 3.8) is 0 Å². The molecule has 2 aromatic rings. The average Bonchev–Trinajstić information content (AvgIpc) is 2.49. The molecule has 0 saturated heterocycles. The number of aryl methyl sites for hydroxylation is 1. The van der Waals surface area contributed by atoms with E-state index in [1.54, 1.807) is 4.68 Å². The van der Waals surface area contributed by atoms with Gasteiger partial charge < -0.3 is 5.73 Å². The van der Waals surface area contributed by atoms with E-state index in [-0.39, 0.29) is 11.0 Å². The number of nitrogens with two attached hydrogens (primary N) is 1. The quantitative estimate of drug-likeness (QED) is 0.854. The molecule has 0 fully saturated rings. The SMILES string of the molecule is Cc1cccc(-n2c(=O)c(N)c(C(C)(C)C)n2C)c1. The van der Waals surface area contributed by atoms with Crippen LogP contribution in [-0.2, 0) is 12.5 Å². The monoisotopic (exact) mass is 259 g/mol. The summed E-state index contributed by atoms with van der Waals surface area (Å²) in [4.78, 5) is 12.4. The van der Waals surface area contributed by atoms with Crippen molar-refractivity contribution in [1.82, 2.24) is 9.36 Å². The van der Waals surface area contributed by atoms with Crippen molar-refractivity contribution in [3.05, 3.63) is 45.9 Å². The van der Waals surface area contributed by atoms with Crippen LogP contribution in [0.1, 0.15) is 32.0 Å². The van der Waals surface area contributed by atoms with Crippen LogP contribution in [0.2, 0.25) is 0 Å². The summed E-state index contributed by atoms with van der Waals surface area (Å²) in [5, 5.41) is 0. The third-order valence-corrected chi connectivity index (χ3v) is 3.26. The van der Waals surface area contributed by atoms with Crippen molar-refractivity contribution in [2.24, 2.45) is 7.05 Å². The highest BCUT2D eigenvalue weighted by Gasteiger charge is 2.26.